The average molecular weight is 893 g/mol. The van der Waals surface area contributed by atoms with Crippen molar-refractivity contribution in [2.75, 3.05) is 0 Å². The van der Waals surface area contributed by atoms with Crippen molar-refractivity contribution in [1.29, 1.82) is 0 Å². The second-order valence-electron chi connectivity index (χ2n) is 18.7. The van der Waals surface area contributed by atoms with Crippen molar-refractivity contribution in [2.45, 2.75) is 13.8 Å². The van der Waals surface area contributed by atoms with Crippen LogP contribution in [0.2, 0.25) is 0 Å². The van der Waals surface area contributed by atoms with Gasteiger partial charge >= 0.3 is 0 Å². The Bertz CT molecular complexity index is 4080. The first-order valence-electron chi connectivity index (χ1n) is 24.2. The molecule has 0 saturated heterocycles. The molecule has 0 bridgehead atoms. The van der Waals surface area contributed by atoms with E-state index in [1.807, 2.05) is 0 Å². The highest BCUT2D eigenvalue weighted by molar-refractivity contribution is 6.13. The summed E-state index contributed by atoms with van der Waals surface area (Å²) in [5.74, 6) is 0. The zero-order valence-corrected chi connectivity index (χ0v) is 39.1. The van der Waals surface area contributed by atoms with Gasteiger partial charge in [-0.05, 0) is 153 Å². The Morgan fingerprint density at radius 1 is 0.229 bits per heavy atom. The first-order chi connectivity index (χ1) is 34.5. The zero-order valence-electron chi connectivity index (χ0n) is 39.1. The monoisotopic (exact) mass is 892 g/mol. The molecule has 13 rings (SSSR count). The molecule has 2 nitrogen and oxygen atoms in total. The van der Waals surface area contributed by atoms with Crippen molar-refractivity contribution in [3.63, 3.8) is 0 Å². The Balaban J connectivity index is 0.954. The third-order valence-electron chi connectivity index (χ3n) is 14.2. The Kier molecular flexibility index (Phi) is 9.99. The van der Waals surface area contributed by atoms with E-state index in [0.717, 1.165) is 11.3 Å². The van der Waals surface area contributed by atoms with Gasteiger partial charge in [-0.3, -0.25) is 0 Å². The van der Waals surface area contributed by atoms with Crippen LogP contribution in [-0.4, -0.2) is 9.13 Å². The van der Waals surface area contributed by atoms with Crippen molar-refractivity contribution in [2.24, 2.45) is 0 Å². The quantitative estimate of drug-likeness (QED) is 0.144. The third-order valence-corrected chi connectivity index (χ3v) is 14.2. The molecular formula is C68H48N2. The van der Waals surface area contributed by atoms with Crippen LogP contribution in [0.5, 0.6) is 0 Å². The van der Waals surface area contributed by atoms with E-state index in [1.165, 1.54) is 122 Å². The van der Waals surface area contributed by atoms with Crippen LogP contribution in [0.25, 0.3) is 122 Å². The maximum Gasteiger partial charge on any atom is 0.0541 e. The number of aromatic nitrogens is 2. The van der Waals surface area contributed by atoms with E-state index in [1.54, 1.807) is 0 Å². The molecule has 13 aromatic rings. The third kappa shape index (κ3) is 7.12. The van der Waals surface area contributed by atoms with E-state index < -0.39 is 0 Å². The molecule has 0 unspecified atom stereocenters. The molecule has 70 heavy (non-hydrogen) atoms. The number of hydrogen-bond acceptors (Lipinski definition) is 0. The molecule has 0 fully saturated rings. The summed E-state index contributed by atoms with van der Waals surface area (Å²) in [6, 6.07) is 93.9. The fourth-order valence-corrected chi connectivity index (χ4v) is 11.0. The number of fused-ring (bicyclic) bond motifs is 6. The van der Waals surface area contributed by atoms with Gasteiger partial charge < -0.3 is 9.13 Å². The molecule has 0 saturated carbocycles. The summed E-state index contributed by atoms with van der Waals surface area (Å²) in [6.07, 6.45) is 0. The lowest BCUT2D eigenvalue weighted by Crippen LogP contribution is -1.96. The molecule has 0 N–H and O–H groups in total. The van der Waals surface area contributed by atoms with Gasteiger partial charge in [0.1, 0.15) is 0 Å². The maximum atomic E-state index is 2.44. The number of nitrogens with zero attached hydrogens (tertiary/aromatic N) is 2. The molecule has 0 amide bonds. The molecule has 0 aliphatic rings. The molecule has 0 atom stereocenters. The lowest BCUT2D eigenvalue weighted by atomic mass is 9.84. The van der Waals surface area contributed by atoms with Gasteiger partial charge in [0.2, 0.25) is 0 Å². The highest BCUT2D eigenvalue weighted by Gasteiger charge is 2.20. The van der Waals surface area contributed by atoms with Gasteiger partial charge in [-0.25, -0.2) is 0 Å². The first-order valence-corrected chi connectivity index (χ1v) is 24.2. The number of rotatable bonds is 8. The van der Waals surface area contributed by atoms with E-state index in [9.17, 15) is 0 Å². The predicted octanol–water partition coefficient (Wildman–Crippen LogP) is 18.5. The van der Waals surface area contributed by atoms with Crippen LogP contribution in [0, 0.1) is 13.8 Å². The smallest absolute Gasteiger partial charge is 0.0541 e. The molecule has 11 aromatic carbocycles. The summed E-state index contributed by atoms with van der Waals surface area (Å²) in [5, 5.41) is 4.97. The van der Waals surface area contributed by atoms with Crippen molar-refractivity contribution >= 4 is 43.6 Å². The van der Waals surface area contributed by atoms with E-state index in [0.29, 0.717) is 0 Å². The number of benzene rings is 11. The lowest BCUT2D eigenvalue weighted by Gasteiger charge is -2.20. The van der Waals surface area contributed by atoms with Gasteiger partial charge in [0.25, 0.3) is 0 Å². The van der Waals surface area contributed by atoms with E-state index in [2.05, 4.69) is 278 Å². The van der Waals surface area contributed by atoms with E-state index in [4.69, 9.17) is 0 Å². The van der Waals surface area contributed by atoms with Gasteiger partial charge in [-0.1, -0.05) is 193 Å². The lowest BCUT2D eigenvalue weighted by molar-refractivity contribution is 1.18. The summed E-state index contributed by atoms with van der Waals surface area (Å²) in [5.41, 5.74) is 24.0. The van der Waals surface area contributed by atoms with E-state index in [-0.39, 0.29) is 0 Å². The maximum absolute atomic E-state index is 2.44. The fourth-order valence-electron chi connectivity index (χ4n) is 11.0. The minimum absolute atomic E-state index is 1.12. The van der Waals surface area contributed by atoms with Crippen LogP contribution in [0.1, 0.15) is 11.1 Å². The highest BCUT2D eigenvalue weighted by atomic mass is 15.0. The molecule has 2 heterocycles. The van der Waals surface area contributed by atoms with Crippen LogP contribution in [0.3, 0.4) is 0 Å². The Labute approximate surface area is 408 Å². The van der Waals surface area contributed by atoms with Crippen LogP contribution in [0.4, 0.5) is 0 Å². The Morgan fingerprint density at radius 3 is 1.21 bits per heavy atom. The highest BCUT2D eigenvalue weighted by Crippen LogP contribution is 2.45. The molecule has 0 spiro atoms. The number of para-hydroxylation sites is 3. The van der Waals surface area contributed by atoms with Gasteiger partial charge in [-0.2, -0.15) is 0 Å². The number of hydrogen-bond donors (Lipinski definition) is 0. The van der Waals surface area contributed by atoms with Crippen LogP contribution in [0.15, 0.2) is 255 Å². The second-order valence-corrected chi connectivity index (χ2v) is 18.7. The molecule has 0 aliphatic heterocycles. The minimum atomic E-state index is 1.12. The summed E-state index contributed by atoms with van der Waals surface area (Å²) < 4.78 is 4.82. The summed E-state index contributed by atoms with van der Waals surface area (Å²) in [4.78, 5) is 0. The molecule has 2 heteroatoms. The second kappa shape index (κ2) is 17.0. The fraction of sp³-hybridized carbons (Fsp3) is 0.0294. The van der Waals surface area contributed by atoms with Crippen molar-refractivity contribution in [3.05, 3.63) is 266 Å². The van der Waals surface area contributed by atoms with Gasteiger partial charge in [0.15, 0.2) is 0 Å². The van der Waals surface area contributed by atoms with Crippen LogP contribution in [-0.2, 0) is 0 Å². The summed E-state index contributed by atoms with van der Waals surface area (Å²) in [6.45, 7) is 4.35. The summed E-state index contributed by atoms with van der Waals surface area (Å²) >= 11 is 0. The van der Waals surface area contributed by atoms with Crippen LogP contribution < -0.4 is 0 Å². The Hall–Kier alpha value is -8.98. The van der Waals surface area contributed by atoms with Crippen molar-refractivity contribution in [3.8, 4) is 78.1 Å². The summed E-state index contributed by atoms with van der Waals surface area (Å²) in [7, 11) is 0. The van der Waals surface area contributed by atoms with Crippen LogP contribution >= 0.6 is 0 Å². The van der Waals surface area contributed by atoms with Crippen molar-refractivity contribution in [1.82, 2.24) is 9.13 Å². The average Bonchev–Trinajstić information content (AvgIpc) is 3.93. The van der Waals surface area contributed by atoms with E-state index >= 15 is 0 Å². The predicted molar refractivity (Wildman–Crippen MR) is 297 cm³/mol. The standard InChI is InChI=1S/C68H48N2/c1-45-37-46(2)39-54(38-45)47-29-31-49(32-30-47)61-44-55(43-60(48-17-6-3-7-18-48)68(61)50-19-8-4-9-20-50)51-21-16-24-57(40-51)70-65-28-15-13-26-59(65)63-42-53(34-36-67(63)70)52-33-35-66-62(41-52)58-25-12-14-27-64(58)69(66)56-22-10-5-11-23-56/h3-44H,1-2H3. The largest absolute Gasteiger partial charge is 0.309 e. The Morgan fingerprint density at radius 2 is 0.629 bits per heavy atom. The SMILES string of the molecule is Cc1cc(C)cc(-c2ccc(-c3cc(-c4cccc(-n5c6ccccc6c6cc(-c7ccc8c(c7)c7ccccc7n8-c7ccccc7)ccc65)c4)cc(-c4ccccc4)c3-c3ccccc3)cc2)c1. The molecule has 330 valence electrons. The van der Waals surface area contributed by atoms with Gasteiger partial charge in [0, 0.05) is 32.9 Å². The van der Waals surface area contributed by atoms with Crippen molar-refractivity contribution < 1.29 is 0 Å². The van der Waals surface area contributed by atoms with Gasteiger partial charge in [-0.15, -0.1) is 0 Å². The molecule has 2 aromatic heterocycles. The zero-order chi connectivity index (χ0) is 46.7. The first kappa shape index (κ1) is 41.2. The number of aryl methyl sites for hydroxylation is 2. The molecular weight excluding hydrogens is 845 g/mol. The minimum Gasteiger partial charge on any atom is -0.309 e. The topological polar surface area (TPSA) is 9.86 Å². The normalized spacial score (nSPS) is 11.6. The molecule has 0 aliphatic carbocycles. The molecule has 0 radical (unpaired) electrons. The van der Waals surface area contributed by atoms with Gasteiger partial charge in [0.05, 0.1) is 22.1 Å².